The summed E-state index contributed by atoms with van der Waals surface area (Å²) in [6, 6.07) is 7.10. The number of hydrogen-bond acceptors (Lipinski definition) is 10. The van der Waals surface area contributed by atoms with Gasteiger partial charge in [0.15, 0.2) is 23.8 Å². The molecule has 3 fully saturated rings. The van der Waals surface area contributed by atoms with Crippen molar-refractivity contribution in [2.75, 3.05) is 25.6 Å². The Bertz CT molecular complexity index is 1410. The van der Waals surface area contributed by atoms with E-state index in [1.165, 1.54) is 17.9 Å². The Labute approximate surface area is 224 Å². The topological polar surface area (TPSA) is 150 Å². The maximum Gasteiger partial charge on any atom is 0.270 e. The number of methoxy groups -OCH3 is 1. The smallest absolute Gasteiger partial charge is 0.270 e. The number of rotatable bonds is 7. The number of pyridine rings is 2. The molecule has 0 spiro atoms. The Kier molecular flexibility index (Phi) is 6.99. The number of fused-ring (bicyclic) bond motifs is 5. The van der Waals surface area contributed by atoms with Crippen LogP contribution in [0.15, 0.2) is 35.3 Å². The molecule has 4 aliphatic rings. The van der Waals surface area contributed by atoms with Gasteiger partial charge in [-0.25, -0.2) is 9.97 Å². The van der Waals surface area contributed by atoms with Gasteiger partial charge in [0, 0.05) is 18.2 Å². The molecule has 38 heavy (non-hydrogen) atoms. The van der Waals surface area contributed by atoms with Gasteiger partial charge < -0.3 is 30.0 Å². The Morgan fingerprint density at radius 2 is 2.00 bits per heavy atom. The van der Waals surface area contributed by atoms with Crippen LogP contribution >= 0.6 is 12.4 Å². The molecule has 1 saturated carbocycles. The van der Waals surface area contributed by atoms with Crippen LogP contribution < -0.4 is 25.7 Å². The number of carbonyl (C=O) groups is 1. The number of aromatic nitrogens is 4. The van der Waals surface area contributed by atoms with Gasteiger partial charge in [-0.15, -0.1) is 12.4 Å². The normalized spacial score (nSPS) is 24.6. The van der Waals surface area contributed by atoms with E-state index in [2.05, 4.69) is 25.6 Å². The van der Waals surface area contributed by atoms with Gasteiger partial charge in [0.2, 0.25) is 5.88 Å². The lowest BCUT2D eigenvalue weighted by Gasteiger charge is -2.55. The van der Waals surface area contributed by atoms with Gasteiger partial charge in [-0.1, -0.05) is 0 Å². The largest absolute Gasteiger partial charge is 0.481 e. The number of amides is 1. The predicted molar refractivity (Wildman–Crippen MR) is 139 cm³/mol. The van der Waals surface area contributed by atoms with Crippen molar-refractivity contribution >= 4 is 35.3 Å². The summed E-state index contributed by atoms with van der Waals surface area (Å²) in [5.74, 6) is 1.15. The summed E-state index contributed by atoms with van der Waals surface area (Å²) in [7, 11) is 1.51. The van der Waals surface area contributed by atoms with Crippen molar-refractivity contribution in [3.8, 4) is 11.6 Å². The standard InChI is InChI=1S/C25H28N6O6.ClH/c1-35-20-5-3-16-23(30-20)31(21(34)11-26-16)12-18(32)25-8-6-24(7-9-25,14-37-25)27-10-15-2-4-17-22(28-15)29-19(33)13-36-17;/h2-5,11,18,27,32H,6-10,12-14H2,1H3,(H,28,29,33);1H. The lowest BCUT2D eigenvalue weighted by atomic mass is 9.69. The van der Waals surface area contributed by atoms with Crippen LogP contribution in [0.3, 0.4) is 0 Å². The lowest BCUT2D eigenvalue weighted by Crippen LogP contribution is -2.65. The molecule has 0 aromatic carbocycles. The van der Waals surface area contributed by atoms with Crippen molar-refractivity contribution in [3.05, 3.63) is 46.5 Å². The molecule has 2 bridgehead atoms. The molecule has 1 unspecified atom stereocenters. The molecule has 1 amide bonds. The third-order valence-corrected chi connectivity index (χ3v) is 7.70. The Balaban J connectivity index is 0.00000294. The molecule has 3 aromatic heterocycles. The average Bonchev–Trinajstić information content (AvgIpc) is 2.94. The maximum atomic E-state index is 12.7. The minimum absolute atomic E-state index is 0. The molecule has 0 radical (unpaired) electrons. The summed E-state index contributed by atoms with van der Waals surface area (Å²) >= 11 is 0. The van der Waals surface area contributed by atoms with Gasteiger partial charge in [0.25, 0.3) is 11.5 Å². The first-order chi connectivity index (χ1) is 17.9. The van der Waals surface area contributed by atoms with Crippen LogP contribution in [0.25, 0.3) is 11.2 Å². The fourth-order valence-corrected chi connectivity index (χ4v) is 5.41. The second-order valence-electron chi connectivity index (χ2n) is 9.89. The Hall–Kier alpha value is -3.32. The Morgan fingerprint density at radius 3 is 2.74 bits per heavy atom. The molecule has 3 aliphatic heterocycles. The number of nitrogens with zero attached hydrogens (tertiary/aromatic N) is 4. The first kappa shape index (κ1) is 26.3. The molecular formula is C25H29ClN6O6. The van der Waals surface area contributed by atoms with Gasteiger partial charge >= 0.3 is 0 Å². The minimum Gasteiger partial charge on any atom is -0.481 e. The molecule has 12 nitrogen and oxygen atoms in total. The molecule has 13 heteroatoms. The number of ether oxygens (including phenoxy) is 3. The monoisotopic (exact) mass is 544 g/mol. The van der Waals surface area contributed by atoms with Crippen molar-refractivity contribution in [3.63, 3.8) is 0 Å². The fourth-order valence-electron chi connectivity index (χ4n) is 5.41. The highest BCUT2D eigenvalue weighted by atomic mass is 35.5. The van der Waals surface area contributed by atoms with Crippen molar-refractivity contribution in [2.24, 2.45) is 0 Å². The van der Waals surface area contributed by atoms with Crippen molar-refractivity contribution in [1.29, 1.82) is 0 Å². The predicted octanol–water partition coefficient (Wildman–Crippen LogP) is 1.18. The van der Waals surface area contributed by atoms with Crippen LogP contribution in [-0.2, 0) is 22.6 Å². The van der Waals surface area contributed by atoms with E-state index in [4.69, 9.17) is 14.2 Å². The van der Waals surface area contributed by atoms with Gasteiger partial charge in [0.05, 0.1) is 37.8 Å². The van der Waals surface area contributed by atoms with E-state index in [0.717, 1.165) is 18.5 Å². The Morgan fingerprint density at radius 1 is 1.18 bits per heavy atom. The average molecular weight is 545 g/mol. The van der Waals surface area contributed by atoms with E-state index in [-0.39, 0.29) is 42.6 Å². The lowest BCUT2D eigenvalue weighted by molar-refractivity contribution is -0.211. The number of aliphatic hydroxyl groups is 1. The molecule has 6 heterocycles. The van der Waals surface area contributed by atoms with Crippen LogP contribution in [0.5, 0.6) is 11.6 Å². The third kappa shape index (κ3) is 4.68. The molecule has 3 aromatic rings. The van der Waals surface area contributed by atoms with E-state index in [1.807, 2.05) is 12.1 Å². The molecule has 2 saturated heterocycles. The summed E-state index contributed by atoms with van der Waals surface area (Å²) in [6.45, 7) is 0.989. The van der Waals surface area contributed by atoms with Gasteiger partial charge in [0.1, 0.15) is 11.6 Å². The highest BCUT2D eigenvalue weighted by Gasteiger charge is 2.53. The summed E-state index contributed by atoms with van der Waals surface area (Å²) in [5, 5.41) is 17.6. The van der Waals surface area contributed by atoms with Crippen LogP contribution in [0.4, 0.5) is 5.82 Å². The highest BCUT2D eigenvalue weighted by Crippen LogP contribution is 2.46. The second-order valence-corrected chi connectivity index (χ2v) is 9.89. The van der Waals surface area contributed by atoms with Crippen LogP contribution in [0.2, 0.25) is 0 Å². The minimum atomic E-state index is -0.895. The van der Waals surface area contributed by atoms with Crippen molar-refractivity contribution in [2.45, 2.75) is 56.0 Å². The molecule has 1 atom stereocenters. The SMILES string of the molecule is COc1ccc2ncc(=O)n(CC(O)C34CCC(NCc5ccc6c(n5)NC(=O)CO6)(CC3)CO4)c2n1.Cl. The van der Waals surface area contributed by atoms with Crippen LogP contribution in [-0.4, -0.2) is 68.1 Å². The number of aliphatic hydroxyl groups excluding tert-OH is 1. The zero-order valence-electron chi connectivity index (χ0n) is 20.8. The van der Waals surface area contributed by atoms with E-state index in [0.29, 0.717) is 54.6 Å². The number of hydrogen-bond donors (Lipinski definition) is 3. The maximum absolute atomic E-state index is 12.7. The molecule has 7 rings (SSSR count). The number of halogens is 1. The van der Waals surface area contributed by atoms with Crippen molar-refractivity contribution < 1.29 is 24.1 Å². The summed E-state index contributed by atoms with van der Waals surface area (Å²) < 4.78 is 18.3. The fraction of sp³-hybridized carbons (Fsp3) is 0.480. The first-order valence-corrected chi connectivity index (χ1v) is 12.3. The number of carbonyl (C=O) groups excluding carboxylic acids is 1. The quantitative estimate of drug-likeness (QED) is 0.395. The van der Waals surface area contributed by atoms with E-state index in [9.17, 15) is 14.7 Å². The second kappa shape index (κ2) is 10.1. The van der Waals surface area contributed by atoms with Gasteiger partial charge in [-0.05, 0) is 43.9 Å². The number of nitrogens with one attached hydrogen (secondary N) is 2. The van der Waals surface area contributed by atoms with Crippen LogP contribution in [0, 0.1) is 0 Å². The van der Waals surface area contributed by atoms with E-state index < -0.39 is 11.7 Å². The van der Waals surface area contributed by atoms with Gasteiger partial charge in [-0.3, -0.25) is 14.2 Å². The third-order valence-electron chi connectivity index (χ3n) is 7.70. The summed E-state index contributed by atoms with van der Waals surface area (Å²) in [6.07, 6.45) is 3.27. The number of anilines is 1. The van der Waals surface area contributed by atoms with E-state index >= 15 is 0 Å². The van der Waals surface area contributed by atoms with Gasteiger partial charge in [-0.2, -0.15) is 4.98 Å². The van der Waals surface area contributed by atoms with Crippen LogP contribution in [0.1, 0.15) is 31.4 Å². The summed E-state index contributed by atoms with van der Waals surface area (Å²) in [5.41, 5.74) is 0.392. The summed E-state index contributed by atoms with van der Waals surface area (Å²) in [4.78, 5) is 37.3. The molecule has 202 valence electrons. The first-order valence-electron chi connectivity index (χ1n) is 12.3. The molecular weight excluding hydrogens is 516 g/mol. The van der Waals surface area contributed by atoms with Crippen molar-refractivity contribution in [1.82, 2.24) is 24.8 Å². The zero-order chi connectivity index (χ0) is 25.6. The zero-order valence-corrected chi connectivity index (χ0v) is 21.6. The van der Waals surface area contributed by atoms with E-state index in [1.54, 1.807) is 12.1 Å². The molecule has 3 N–H and O–H groups in total. The molecule has 1 aliphatic carbocycles. The highest BCUT2D eigenvalue weighted by molar-refractivity contribution is 5.94.